The largest absolute Gasteiger partial charge is 0.342 e. The van der Waals surface area contributed by atoms with E-state index in [1.165, 1.54) is 19.3 Å². The lowest BCUT2D eigenvalue weighted by atomic mass is 10.1. The average Bonchev–Trinajstić information content (AvgIpc) is 3.40. The van der Waals surface area contributed by atoms with Gasteiger partial charge in [0.15, 0.2) is 0 Å². The molecule has 146 valence electrons. The van der Waals surface area contributed by atoms with E-state index in [-0.39, 0.29) is 36.6 Å². The molecule has 2 heterocycles. The van der Waals surface area contributed by atoms with Crippen LogP contribution < -0.4 is 5.32 Å². The lowest BCUT2D eigenvalue weighted by molar-refractivity contribution is -0.135. The van der Waals surface area contributed by atoms with Gasteiger partial charge < -0.3 is 15.1 Å². The van der Waals surface area contributed by atoms with E-state index < -0.39 is 0 Å². The fourth-order valence-electron chi connectivity index (χ4n) is 3.41. The van der Waals surface area contributed by atoms with Gasteiger partial charge in [-0.1, -0.05) is 0 Å². The van der Waals surface area contributed by atoms with Crippen LogP contribution in [-0.2, 0) is 9.59 Å². The first-order valence-corrected chi connectivity index (χ1v) is 9.21. The molecule has 1 N–H and O–H groups in total. The van der Waals surface area contributed by atoms with Crippen molar-refractivity contribution in [3.63, 3.8) is 0 Å². The molecule has 2 amide bonds. The molecule has 2 saturated heterocycles. The van der Waals surface area contributed by atoms with E-state index in [1.54, 1.807) is 0 Å². The van der Waals surface area contributed by atoms with Crippen molar-refractivity contribution in [3.8, 4) is 0 Å². The maximum Gasteiger partial charge on any atom is 0.236 e. The Morgan fingerprint density at radius 2 is 1.40 bits per heavy atom. The third-order valence-corrected chi connectivity index (χ3v) is 5.20. The van der Waals surface area contributed by atoms with E-state index in [0.717, 1.165) is 64.6 Å². The minimum Gasteiger partial charge on any atom is -0.342 e. The van der Waals surface area contributed by atoms with Crippen molar-refractivity contribution in [2.24, 2.45) is 5.92 Å². The van der Waals surface area contributed by atoms with Crippen LogP contribution in [0.5, 0.6) is 0 Å². The highest BCUT2D eigenvalue weighted by Gasteiger charge is 2.25. The predicted octanol–water partition coefficient (Wildman–Crippen LogP) is 0.986. The fraction of sp³-hybridized carbons (Fsp3) is 0.882. The standard InChI is InChI=1S/C17H30N4O2.2ClH/c22-16(13-18-12-15-4-5-15)21-10-8-19(9-11-21)14-17(23)20-6-2-1-3-7-20;;/h15,18H,1-14H2;2*1H. The smallest absolute Gasteiger partial charge is 0.236 e. The number of likely N-dealkylation sites (tertiary alicyclic amines) is 1. The zero-order valence-corrected chi connectivity index (χ0v) is 16.6. The molecule has 25 heavy (non-hydrogen) atoms. The van der Waals surface area contributed by atoms with Crippen LogP contribution in [0.3, 0.4) is 0 Å². The second kappa shape index (κ2) is 11.2. The van der Waals surface area contributed by atoms with Gasteiger partial charge in [0.2, 0.25) is 11.8 Å². The minimum absolute atomic E-state index is 0. The second-order valence-electron chi connectivity index (χ2n) is 7.17. The molecule has 0 atom stereocenters. The first-order chi connectivity index (χ1) is 11.2. The highest BCUT2D eigenvalue weighted by Crippen LogP contribution is 2.27. The van der Waals surface area contributed by atoms with E-state index in [4.69, 9.17) is 0 Å². The van der Waals surface area contributed by atoms with Gasteiger partial charge >= 0.3 is 0 Å². The number of halogens is 2. The summed E-state index contributed by atoms with van der Waals surface area (Å²) >= 11 is 0. The summed E-state index contributed by atoms with van der Waals surface area (Å²) in [6.45, 7) is 6.92. The van der Waals surface area contributed by atoms with E-state index in [2.05, 4.69) is 10.2 Å². The number of amides is 2. The number of nitrogens with zero attached hydrogens (tertiary/aromatic N) is 3. The number of carbonyl (C=O) groups excluding carboxylic acids is 2. The number of carbonyl (C=O) groups is 2. The summed E-state index contributed by atoms with van der Waals surface area (Å²) in [7, 11) is 0. The number of nitrogens with one attached hydrogen (secondary N) is 1. The van der Waals surface area contributed by atoms with Gasteiger partial charge in [0.05, 0.1) is 13.1 Å². The van der Waals surface area contributed by atoms with Gasteiger partial charge in [-0.05, 0) is 44.6 Å². The zero-order chi connectivity index (χ0) is 16.1. The lowest BCUT2D eigenvalue weighted by Crippen LogP contribution is -2.53. The van der Waals surface area contributed by atoms with Crippen molar-refractivity contribution >= 4 is 36.6 Å². The first-order valence-electron chi connectivity index (χ1n) is 9.21. The molecule has 0 radical (unpaired) electrons. The van der Waals surface area contributed by atoms with Crippen molar-refractivity contribution < 1.29 is 9.59 Å². The highest BCUT2D eigenvalue weighted by molar-refractivity contribution is 5.85. The Morgan fingerprint density at radius 1 is 0.800 bits per heavy atom. The molecule has 2 aliphatic heterocycles. The van der Waals surface area contributed by atoms with Gasteiger partial charge in [-0.25, -0.2) is 0 Å². The second-order valence-corrected chi connectivity index (χ2v) is 7.17. The van der Waals surface area contributed by atoms with Crippen molar-refractivity contribution in [3.05, 3.63) is 0 Å². The molecule has 3 aliphatic rings. The predicted molar refractivity (Wildman–Crippen MR) is 104 cm³/mol. The molecule has 0 aromatic heterocycles. The Kier molecular flexibility index (Phi) is 10.1. The summed E-state index contributed by atoms with van der Waals surface area (Å²) in [6, 6.07) is 0. The maximum atomic E-state index is 12.3. The van der Waals surface area contributed by atoms with Crippen LogP contribution in [0, 0.1) is 5.92 Å². The SMILES string of the molecule is Cl.Cl.O=C(CNCC1CC1)N1CCN(CC(=O)N2CCCCC2)CC1. The lowest BCUT2D eigenvalue weighted by Gasteiger charge is -2.36. The van der Waals surface area contributed by atoms with E-state index >= 15 is 0 Å². The summed E-state index contributed by atoms with van der Waals surface area (Å²) in [4.78, 5) is 30.6. The molecular weight excluding hydrogens is 363 g/mol. The zero-order valence-electron chi connectivity index (χ0n) is 15.0. The number of piperazine rings is 1. The molecule has 0 aromatic rings. The van der Waals surface area contributed by atoms with Crippen LogP contribution in [-0.4, -0.2) is 85.4 Å². The van der Waals surface area contributed by atoms with Crippen LogP contribution in [0.15, 0.2) is 0 Å². The van der Waals surface area contributed by atoms with Crippen LogP contribution in [0.4, 0.5) is 0 Å². The summed E-state index contributed by atoms with van der Waals surface area (Å²) in [6.07, 6.45) is 6.15. The van der Waals surface area contributed by atoms with Crippen LogP contribution in [0.2, 0.25) is 0 Å². The van der Waals surface area contributed by atoms with Gasteiger partial charge in [-0.2, -0.15) is 0 Å². The number of piperidine rings is 1. The maximum absolute atomic E-state index is 12.3. The number of hydrogen-bond donors (Lipinski definition) is 1. The molecule has 0 spiro atoms. The van der Waals surface area contributed by atoms with Crippen molar-refractivity contribution in [2.75, 3.05) is 58.9 Å². The molecule has 0 unspecified atom stereocenters. The van der Waals surface area contributed by atoms with E-state index in [1.807, 2.05) is 9.80 Å². The Balaban J connectivity index is 0.00000156. The Bertz CT molecular complexity index is 421. The van der Waals surface area contributed by atoms with Crippen LogP contribution >= 0.6 is 24.8 Å². The number of hydrogen-bond acceptors (Lipinski definition) is 4. The van der Waals surface area contributed by atoms with Crippen LogP contribution in [0.25, 0.3) is 0 Å². The average molecular weight is 395 g/mol. The third kappa shape index (κ3) is 7.29. The molecule has 1 aliphatic carbocycles. The first kappa shape index (κ1) is 22.5. The molecular formula is C17H32Cl2N4O2. The molecule has 3 rings (SSSR count). The summed E-state index contributed by atoms with van der Waals surface area (Å²) < 4.78 is 0. The van der Waals surface area contributed by atoms with Gasteiger partial charge in [0.25, 0.3) is 0 Å². The molecule has 6 nitrogen and oxygen atoms in total. The normalized spacial score (nSPS) is 21.3. The summed E-state index contributed by atoms with van der Waals surface area (Å²) in [5, 5.41) is 3.27. The monoisotopic (exact) mass is 394 g/mol. The minimum atomic E-state index is 0. The third-order valence-electron chi connectivity index (χ3n) is 5.20. The van der Waals surface area contributed by atoms with Crippen molar-refractivity contribution in [1.82, 2.24) is 20.0 Å². The van der Waals surface area contributed by atoms with Crippen LogP contribution in [0.1, 0.15) is 32.1 Å². The van der Waals surface area contributed by atoms with Crippen molar-refractivity contribution in [2.45, 2.75) is 32.1 Å². The molecule has 8 heteroatoms. The fourth-order valence-corrected chi connectivity index (χ4v) is 3.41. The van der Waals surface area contributed by atoms with Gasteiger partial charge in [0, 0.05) is 39.3 Å². The topological polar surface area (TPSA) is 55.9 Å². The summed E-state index contributed by atoms with van der Waals surface area (Å²) in [5.41, 5.74) is 0. The van der Waals surface area contributed by atoms with Gasteiger partial charge in [-0.15, -0.1) is 24.8 Å². The van der Waals surface area contributed by atoms with Gasteiger partial charge in [-0.3, -0.25) is 14.5 Å². The molecule has 3 fully saturated rings. The highest BCUT2D eigenvalue weighted by atomic mass is 35.5. The summed E-state index contributed by atoms with van der Waals surface area (Å²) in [5.74, 6) is 1.27. The number of rotatable bonds is 6. The molecule has 0 bridgehead atoms. The van der Waals surface area contributed by atoms with Crippen molar-refractivity contribution in [1.29, 1.82) is 0 Å². The molecule has 0 aromatic carbocycles. The Hall–Kier alpha value is -0.560. The van der Waals surface area contributed by atoms with E-state index in [9.17, 15) is 9.59 Å². The van der Waals surface area contributed by atoms with Gasteiger partial charge in [0.1, 0.15) is 0 Å². The molecule has 1 saturated carbocycles. The Morgan fingerprint density at radius 3 is 2.00 bits per heavy atom. The van der Waals surface area contributed by atoms with E-state index in [0.29, 0.717) is 13.1 Å². The Labute approximate surface area is 163 Å². The quantitative estimate of drug-likeness (QED) is 0.729.